The molecule has 3 aromatic carbocycles. The lowest BCUT2D eigenvalue weighted by Crippen LogP contribution is -2.09. The fourth-order valence-corrected chi connectivity index (χ4v) is 3.86. The van der Waals surface area contributed by atoms with Crippen molar-refractivity contribution in [3.63, 3.8) is 0 Å². The van der Waals surface area contributed by atoms with Gasteiger partial charge in [0, 0.05) is 5.02 Å². The molecule has 164 valence electrons. The van der Waals surface area contributed by atoms with Gasteiger partial charge in [-0.3, -0.25) is 0 Å². The summed E-state index contributed by atoms with van der Waals surface area (Å²) in [5.41, 5.74) is 1.09. The Balaban J connectivity index is 1.61. The van der Waals surface area contributed by atoms with Gasteiger partial charge in [0.25, 0.3) is 0 Å². The van der Waals surface area contributed by atoms with E-state index in [1.165, 1.54) is 12.1 Å². The molecule has 32 heavy (non-hydrogen) atoms. The summed E-state index contributed by atoms with van der Waals surface area (Å²) in [5.74, 6) is 0.474. The van der Waals surface area contributed by atoms with Crippen molar-refractivity contribution in [3.05, 3.63) is 99.3 Å². The molecular weight excluding hydrogens is 484 g/mol. The van der Waals surface area contributed by atoms with Gasteiger partial charge in [-0.05, 0) is 53.6 Å². The second-order valence-electron chi connectivity index (χ2n) is 6.82. The number of alkyl halides is 3. The van der Waals surface area contributed by atoms with Crippen molar-refractivity contribution in [3.8, 4) is 22.6 Å². The lowest BCUT2D eigenvalue weighted by molar-refractivity contribution is -0.141. The second-order valence-corrected chi connectivity index (χ2v) is 8.07. The van der Waals surface area contributed by atoms with E-state index in [0.29, 0.717) is 10.8 Å². The highest BCUT2D eigenvalue weighted by Crippen LogP contribution is 2.34. The molecule has 0 N–H and O–H groups in total. The van der Waals surface area contributed by atoms with Gasteiger partial charge in [-0.1, -0.05) is 65.1 Å². The van der Waals surface area contributed by atoms with Crippen LogP contribution in [0.3, 0.4) is 0 Å². The highest BCUT2D eigenvalue weighted by Gasteiger charge is 2.35. The molecule has 4 rings (SSSR count). The van der Waals surface area contributed by atoms with Crippen molar-refractivity contribution < 1.29 is 17.9 Å². The molecule has 0 atom stereocenters. The average Bonchev–Trinajstić information content (AvgIpc) is 3.17. The quantitative estimate of drug-likeness (QED) is 0.278. The first-order chi connectivity index (χ1) is 15.2. The van der Waals surface area contributed by atoms with E-state index in [4.69, 9.17) is 39.5 Å². The third-order valence-corrected chi connectivity index (χ3v) is 5.47. The summed E-state index contributed by atoms with van der Waals surface area (Å²) < 4.78 is 46.7. The van der Waals surface area contributed by atoms with E-state index in [2.05, 4.69) is 5.10 Å². The average molecular weight is 498 g/mol. The van der Waals surface area contributed by atoms with Crippen molar-refractivity contribution in [2.45, 2.75) is 12.8 Å². The maximum atomic E-state index is 13.3. The molecule has 0 bridgehead atoms. The zero-order chi connectivity index (χ0) is 22.9. The van der Waals surface area contributed by atoms with Crippen LogP contribution >= 0.6 is 34.8 Å². The molecule has 0 radical (unpaired) electrons. The van der Waals surface area contributed by atoms with Crippen LogP contribution in [0.4, 0.5) is 13.2 Å². The van der Waals surface area contributed by atoms with Gasteiger partial charge in [-0.25, -0.2) is 4.68 Å². The van der Waals surface area contributed by atoms with E-state index in [-0.39, 0.29) is 28.0 Å². The lowest BCUT2D eigenvalue weighted by atomic mass is 10.1. The number of nitrogens with zero attached hydrogens (tertiary/aromatic N) is 2. The van der Waals surface area contributed by atoms with Gasteiger partial charge in [-0.15, -0.1) is 0 Å². The number of benzene rings is 3. The molecule has 1 aromatic heterocycles. The first kappa shape index (κ1) is 22.5. The number of para-hydroxylation sites is 1. The van der Waals surface area contributed by atoms with E-state index < -0.39 is 11.9 Å². The SMILES string of the molecule is FC(F)(F)c1cc(COc2ccc(-c3cccc(Cl)c3)cc2)n(-c2c(Cl)cccc2Cl)n1. The number of halogens is 6. The van der Waals surface area contributed by atoms with Crippen molar-refractivity contribution in [1.29, 1.82) is 0 Å². The van der Waals surface area contributed by atoms with Crippen LogP contribution in [-0.4, -0.2) is 9.78 Å². The second kappa shape index (κ2) is 9.06. The van der Waals surface area contributed by atoms with Crippen molar-refractivity contribution in [2.24, 2.45) is 0 Å². The summed E-state index contributed by atoms with van der Waals surface area (Å²) >= 11 is 18.4. The first-order valence-electron chi connectivity index (χ1n) is 9.32. The van der Waals surface area contributed by atoms with Crippen LogP contribution in [0.15, 0.2) is 72.8 Å². The Morgan fingerprint density at radius 2 is 1.47 bits per heavy atom. The van der Waals surface area contributed by atoms with E-state index in [1.807, 2.05) is 30.3 Å². The van der Waals surface area contributed by atoms with E-state index in [0.717, 1.165) is 21.9 Å². The highest BCUT2D eigenvalue weighted by molar-refractivity contribution is 6.37. The smallest absolute Gasteiger partial charge is 0.435 e. The van der Waals surface area contributed by atoms with E-state index in [1.54, 1.807) is 24.3 Å². The van der Waals surface area contributed by atoms with Crippen LogP contribution in [-0.2, 0) is 12.8 Å². The van der Waals surface area contributed by atoms with Gasteiger partial charge in [0.1, 0.15) is 18.0 Å². The fraction of sp³-hybridized carbons (Fsp3) is 0.0870. The molecule has 0 fully saturated rings. The lowest BCUT2D eigenvalue weighted by Gasteiger charge is -2.12. The molecule has 0 unspecified atom stereocenters. The Hall–Kier alpha value is -2.67. The van der Waals surface area contributed by atoms with Crippen molar-refractivity contribution >= 4 is 34.8 Å². The molecule has 3 nitrogen and oxygen atoms in total. The number of rotatable bonds is 5. The topological polar surface area (TPSA) is 27.1 Å². The monoisotopic (exact) mass is 496 g/mol. The molecule has 9 heteroatoms. The van der Waals surface area contributed by atoms with Gasteiger partial charge >= 0.3 is 6.18 Å². The first-order valence-corrected chi connectivity index (χ1v) is 10.4. The van der Waals surface area contributed by atoms with Gasteiger partial charge in [0.05, 0.1) is 15.7 Å². The summed E-state index contributed by atoms with van der Waals surface area (Å²) in [5, 5.41) is 4.63. The number of ether oxygens (including phenoxy) is 1. The Labute approximate surface area is 196 Å². The molecular formula is C23H14Cl3F3N2O. The van der Waals surface area contributed by atoms with Gasteiger partial charge in [0.2, 0.25) is 0 Å². The maximum absolute atomic E-state index is 13.3. The van der Waals surface area contributed by atoms with Gasteiger partial charge in [0.15, 0.2) is 5.69 Å². The Bertz CT molecular complexity index is 1230. The van der Waals surface area contributed by atoms with Gasteiger partial charge < -0.3 is 4.74 Å². The van der Waals surface area contributed by atoms with Crippen molar-refractivity contribution in [2.75, 3.05) is 0 Å². The molecule has 0 saturated heterocycles. The van der Waals surface area contributed by atoms with Crippen LogP contribution in [0.25, 0.3) is 16.8 Å². The molecule has 4 aromatic rings. The van der Waals surface area contributed by atoms with Gasteiger partial charge in [-0.2, -0.15) is 18.3 Å². The van der Waals surface area contributed by atoms with Crippen LogP contribution in [0.2, 0.25) is 15.1 Å². The Kier molecular flexibility index (Phi) is 6.38. The number of hydrogen-bond acceptors (Lipinski definition) is 2. The minimum absolute atomic E-state index is 0.145. The zero-order valence-corrected chi connectivity index (χ0v) is 18.5. The van der Waals surface area contributed by atoms with Crippen molar-refractivity contribution in [1.82, 2.24) is 9.78 Å². The predicted octanol–water partition coefficient (Wildman–Crippen LogP) is 8.10. The molecule has 0 aliphatic rings. The molecule has 0 saturated carbocycles. The summed E-state index contributed by atoms with van der Waals surface area (Å²) in [6.07, 6.45) is -4.63. The predicted molar refractivity (Wildman–Crippen MR) is 120 cm³/mol. The maximum Gasteiger partial charge on any atom is 0.435 e. The van der Waals surface area contributed by atoms with Crippen LogP contribution in [0, 0.1) is 0 Å². The number of hydrogen-bond donors (Lipinski definition) is 0. The molecule has 1 heterocycles. The molecule has 0 amide bonds. The highest BCUT2D eigenvalue weighted by atomic mass is 35.5. The van der Waals surface area contributed by atoms with E-state index >= 15 is 0 Å². The molecule has 0 spiro atoms. The minimum atomic E-state index is -4.63. The van der Waals surface area contributed by atoms with Crippen LogP contribution in [0.1, 0.15) is 11.4 Å². The van der Waals surface area contributed by atoms with E-state index in [9.17, 15) is 13.2 Å². The summed E-state index contributed by atoms with van der Waals surface area (Å²) in [7, 11) is 0. The van der Waals surface area contributed by atoms with Crippen LogP contribution < -0.4 is 4.74 Å². The Morgan fingerprint density at radius 1 is 0.812 bits per heavy atom. The summed E-state index contributed by atoms with van der Waals surface area (Å²) in [6, 6.07) is 20.1. The molecule has 0 aliphatic carbocycles. The normalized spacial score (nSPS) is 11.6. The molecule has 0 aliphatic heterocycles. The summed E-state index contributed by atoms with van der Waals surface area (Å²) in [6.45, 7) is -0.179. The summed E-state index contributed by atoms with van der Waals surface area (Å²) in [4.78, 5) is 0. The number of aromatic nitrogens is 2. The third kappa shape index (κ3) is 4.88. The standard InChI is InChI=1S/C23H14Cl3F3N2O/c24-16-4-1-3-15(11-16)14-7-9-18(10-8-14)32-13-17-12-21(23(27,28)29)30-31(17)22-19(25)5-2-6-20(22)26/h1-12H,13H2. The largest absolute Gasteiger partial charge is 0.487 e. The fourth-order valence-electron chi connectivity index (χ4n) is 3.12. The minimum Gasteiger partial charge on any atom is -0.487 e. The zero-order valence-electron chi connectivity index (χ0n) is 16.2. The Morgan fingerprint density at radius 3 is 2.09 bits per heavy atom. The van der Waals surface area contributed by atoms with Crippen LogP contribution in [0.5, 0.6) is 5.75 Å². The third-order valence-electron chi connectivity index (χ3n) is 4.62.